The summed E-state index contributed by atoms with van der Waals surface area (Å²) in [7, 11) is 0. The first kappa shape index (κ1) is 11.0. The lowest BCUT2D eigenvalue weighted by Crippen LogP contribution is -1.81. The standard InChI is InChI=1S/C12H18/c1-6-8-12(10(3)4)9-11(5)7-2/h6,8-9H,1,3,7H2,2,4-5H3/b11-9+,12-8+. The first-order valence-electron chi connectivity index (χ1n) is 4.27. The third-order valence-electron chi connectivity index (χ3n) is 1.75. The van der Waals surface area contributed by atoms with E-state index >= 15 is 0 Å². The zero-order valence-corrected chi connectivity index (χ0v) is 8.35. The molecule has 0 spiro atoms. The second-order valence-electron chi connectivity index (χ2n) is 2.98. The van der Waals surface area contributed by atoms with Gasteiger partial charge >= 0.3 is 0 Å². The van der Waals surface area contributed by atoms with E-state index in [0.717, 1.165) is 12.0 Å². The van der Waals surface area contributed by atoms with Crippen LogP contribution in [-0.4, -0.2) is 0 Å². The van der Waals surface area contributed by atoms with Crippen molar-refractivity contribution in [3.8, 4) is 0 Å². The van der Waals surface area contributed by atoms with Crippen LogP contribution in [0.15, 0.2) is 48.1 Å². The molecule has 0 aromatic rings. The van der Waals surface area contributed by atoms with E-state index in [9.17, 15) is 0 Å². The quantitative estimate of drug-likeness (QED) is 0.547. The van der Waals surface area contributed by atoms with Crippen LogP contribution >= 0.6 is 0 Å². The molecule has 0 aromatic carbocycles. The normalized spacial score (nSPS) is 12.9. The van der Waals surface area contributed by atoms with Crippen molar-refractivity contribution >= 4 is 0 Å². The van der Waals surface area contributed by atoms with Crippen LogP contribution in [0.5, 0.6) is 0 Å². The van der Waals surface area contributed by atoms with Crippen LogP contribution in [-0.2, 0) is 0 Å². The summed E-state index contributed by atoms with van der Waals surface area (Å²) < 4.78 is 0. The molecule has 0 heterocycles. The van der Waals surface area contributed by atoms with Crippen LogP contribution in [0.3, 0.4) is 0 Å². The van der Waals surface area contributed by atoms with E-state index in [2.05, 4.69) is 33.1 Å². The van der Waals surface area contributed by atoms with Crippen LogP contribution < -0.4 is 0 Å². The van der Waals surface area contributed by atoms with Crippen molar-refractivity contribution in [2.75, 3.05) is 0 Å². The molecule has 66 valence electrons. The molecule has 0 fully saturated rings. The van der Waals surface area contributed by atoms with E-state index in [1.54, 1.807) is 6.08 Å². The van der Waals surface area contributed by atoms with Gasteiger partial charge in [0.25, 0.3) is 0 Å². The van der Waals surface area contributed by atoms with Gasteiger partial charge in [-0.1, -0.05) is 49.5 Å². The number of rotatable bonds is 4. The predicted octanol–water partition coefficient (Wildman–Crippen LogP) is 4.03. The zero-order chi connectivity index (χ0) is 9.56. The van der Waals surface area contributed by atoms with Gasteiger partial charge in [0.1, 0.15) is 0 Å². The minimum atomic E-state index is 1.09. The third-order valence-corrected chi connectivity index (χ3v) is 1.75. The van der Waals surface area contributed by atoms with Crippen molar-refractivity contribution in [1.82, 2.24) is 0 Å². The van der Waals surface area contributed by atoms with Crippen molar-refractivity contribution in [3.63, 3.8) is 0 Å². The topological polar surface area (TPSA) is 0 Å². The second-order valence-corrected chi connectivity index (χ2v) is 2.98. The molecule has 0 radical (unpaired) electrons. The zero-order valence-electron chi connectivity index (χ0n) is 8.35. The summed E-state index contributed by atoms with van der Waals surface area (Å²) >= 11 is 0. The van der Waals surface area contributed by atoms with Gasteiger partial charge in [0.05, 0.1) is 0 Å². The Morgan fingerprint density at radius 3 is 2.25 bits per heavy atom. The van der Waals surface area contributed by atoms with Gasteiger partial charge in [-0.3, -0.25) is 0 Å². The van der Waals surface area contributed by atoms with Crippen molar-refractivity contribution in [1.29, 1.82) is 0 Å². The lowest BCUT2D eigenvalue weighted by Gasteiger charge is -2.01. The SMILES string of the molecule is C=C/C=C(\C=C(/C)CC)C(=C)C. The van der Waals surface area contributed by atoms with Gasteiger partial charge in [-0.25, -0.2) is 0 Å². The summed E-state index contributed by atoms with van der Waals surface area (Å²) in [5.41, 5.74) is 3.62. The molecule has 0 aliphatic carbocycles. The Labute approximate surface area is 76.0 Å². The van der Waals surface area contributed by atoms with Crippen LogP contribution in [0.4, 0.5) is 0 Å². The van der Waals surface area contributed by atoms with Gasteiger partial charge in [-0.05, 0) is 25.8 Å². The fraction of sp³-hybridized carbons (Fsp3) is 0.333. The highest BCUT2D eigenvalue weighted by Gasteiger charge is 1.92. The van der Waals surface area contributed by atoms with E-state index < -0.39 is 0 Å². The molecular weight excluding hydrogens is 144 g/mol. The Kier molecular flexibility index (Phi) is 5.11. The van der Waals surface area contributed by atoms with Crippen LogP contribution in [0.2, 0.25) is 0 Å². The fourth-order valence-corrected chi connectivity index (χ4v) is 0.808. The van der Waals surface area contributed by atoms with Crippen LogP contribution in [0, 0.1) is 0 Å². The lowest BCUT2D eigenvalue weighted by atomic mass is 10.0. The monoisotopic (exact) mass is 162 g/mol. The summed E-state index contributed by atoms with van der Waals surface area (Å²) in [5, 5.41) is 0. The molecule has 0 bridgehead atoms. The largest absolute Gasteiger partial charge is 0.0990 e. The van der Waals surface area contributed by atoms with E-state index in [4.69, 9.17) is 0 Å². The average molecular weight is 162 g/mol. The molecule has 0 aromatic heterocycles. The number of allylic oxidation sites excluding steroid dienone is 6. The summed E-state index contributed by atoms with van der Waals surface area (Å²) in [5.74, 6) is 0. The summed E-state index contributed by atoms with van der Waals surface area (Å²) in [4.78, 5) is 0. The van der Waals surface area contributed by atoms with Gasteiger partial charge in [0.2, 0.25) is 0 Å². The Balaban J connectivity index is 4.66. The van der Waals surface area contributed by atoms with Gasteiger partial charge in [-0.2, -0.15) is 0 Å². The van der Waals surface area contributed by atoms with Crippen molar-refractivity contribution in [2.24, 2.45) is 0 Å². The molecule has 0 amide bonds. The highest BCUT2D eigenvalue weighted by molar-refractivity contribution is 5.40. The Bertz CT molecular complexity index is 226. The Morgan fingerprint density at radius 1 is 1.33 bits per heavy atom. The first-order chi connectivity index (χ1) is 5.61. The maximum absolute atomic E-state index is 3.90. The lowest BCUT2D eigenvalue weighted by molar-refractivity contribution is 1.09. The predicted molar refractivity (Wildman–Crippen MR) is 57.1 cm³/mol. The van der Waals surface area contributed by atoms with Gasteiger partial charge < -0.3 is 0 Å². The maximum atomic E-state index is 3.90. The summed E-state index contributed by atoms with van der Waals surface area (Å²) in [6.07, 6.45) is 7.02. The Hall–Kier alpha value is -1.04. The van der Waals surface area contributed by atoms with Crippen molar-refractivity contribution in [2.45, 2.75) is 27.2 Å². The first-order valence-corrected chi connectivity index (χ1v) is 4.27. The van der Waals surface area contributed by atoms with Gasteiger partial charge in [-0.15, -0.1) is 0 Å². The molecule has 0 aliphatic rings. The maximum Gasteiger partial charge on any atom is -0.0234 e. The molecule has 0 saturated carbocycles. The fourth-order valence-electron chi connectivity index (χ4n) is 0.808. The highest BCUT2D eigenvalue weighted by atomic mass is 14.0. The summed E-state index contributed by atoms with van der Waals surface area (Å²) in [6, 6.07) is 0. The van der Waals surface area contributed by atoms with Gasteiger partial charge in [0.15, 0.2) is 0 Å². The Morgan fingerprint density at radius 2 is 1.92 bits per heavy atom. The van der Waals surface area contributed by atoms with E-state index in [0.29, 0.717) is 0 Å². The highest BCUT2D eigenvalue weighted by Crippen LogP contribution is 2.12. The molecule has 0 nitrogen and oxygen atoms in total. The molecular formula is C12H18. The van der Waals surface area contributed by atoms with E-state index in [-0.39, 0.29) is 0 Å². The smallest absolute Gasteiger partial charge is 0.0234 e. The molecule has 0 unspecified atom stereocenters. The van der Waals surface area contributed by atoms with Gasteiger partial charge in [0, 0.05) is 0 Å². The molecule has 0 saturated heterocycles. The minimum absolute atomic E-state index is 1.09. The van der Waals surface area contributed by atoms with Crippen LogP contribution in [0.25, 0.3) is 0 Å². The summed E-state index contributed by atoms with van der Waals surface area (Å²) in [6.45, 7) is 13.9. The van der Waals surface area contributed by atoms with Crippen LogP contribution in [0.1, 0.15) is 27.2 Å². The molecule has 0 heteroatoms. The second kappa shape index (κ2) is 5.59. The van der Waals surface area contributed by atoms with E-state index in [1.165, 1.54) is 11.1 Å². The van der Waals surface area contributed by atoms with E-state index in [1.807, 2.05) is 13.0 Å². The molecule has 12 heavy (non-hydrogen) atoms. The number of hydrogen-bond donors (Lipinski definition) is 0. The third kappa shape index (κ3) is 3.97. The molecule has 0 aliphatic heterocycles. The molecule has 0 rings (SSSR count). The molecule has 0 atom stereocenters. The average Bonchev–Trinajstić information content (AvgIpc) is 2.03. The minimum Gasteiger partial charge on any atom is -0.0990 e. The number of hydrogen-bond acceptors (Lipinski definition) is 0. The van der Waals surface area contributed by atoms with Crippen molar-refractivity contribution in [3.05, 3.63) is 48.1 Å². The molecule has 0 N–H and O–H groups in total. The van der Waals surface area contributed by atoms with Crippen molar-refractivity contribution < 1.29 is 0 Å².